The van der Waals surface area contributed by atoms with Crippen LogP contribution in [0.2, 0.25) is 0 Å². The number of rotatable bonds is 5. The van der Waals surface area contributed by atoms with Gasteiger partial charge in [0.25, 0.3) is 5.56 Å². The van der Waals surface area contributed by atoms with E-state index in [0.29, 0.717) is 5.56 Å². The highest BCUT2D eigenvalue weighted by Crippen LogP contribution is 2.11. The molecule has 110 valence electrons. The molecule has 0 bridgehead atoms. The van der Waals surface area contributed by atoms with Crippen LogP contribution in [0.1, 0.15) is 17.3 Å². The van der Waals surface area contributed by atoms with E-state index in [2.05, 4.69) is 21.0 Å². The lowest BCUT2D eigenvalue weighted by atomic mass is 10.1. The molecule has 0 N–H and O–H groups in total. The number of anilines is 1. The van der Waals surface area contributed by atoms with Crippen molar-refractivity contribution in [2.75, 3.05) is 18.5 Å². The number of carbonyl (C=O) groups excluding carboxylic acids is 1. The van der Waals surface area contributed by atoms with Gasteiger partial charge in [0.05, 0.1) is 11.9 Å². The quantitative estimate of drug-likeness (QED) is 0.777. The van der Waals surface area contributed by atoms with Gasteiger partial charge in [-0.15, -0.1) is 0 Å². The number of ketones is 1. The molecule has 0 unspecified atom stereocenters. The molecular weight excluding hydrogens is 334 g/mol. The fourth-order valence-electron chi connectivity index (χ4n) is 1.80. The lowest BCUT2D eigenvalue weighted by Crippen LogP contribution is -2.28. The van der Waals surface area contributed by atoms with Crippen LogP contribution >= 0.6 is 15.9 Å². The molecule has 0 saturated heterocycles. The van der Waals surface area contributed by atoms with Crippen molar-refractivity contribution in [1.82, 2.24) is 9.78 Å². The zero-order chi connectivity index (χ0) is 15.4. The first-order valence-corrected chi connectivity index (χ1v) is 7.37. The Labute approximate surface area is 131 Å². The van der Waals surface area contributed by atoms with E-state index in [0.717, 1.165) is 16.7 Å². The Morgan fingerprint density at radius 3 is 2.57 bits per heavy atom. The number of nitrogens with zero attached hydrogens (tertiary/aromatic N) is 3. The number of hydrogen-bond donors (Lipinski definition) is 0. The molecule has 1 aromatic carbocycles. The Bertz CT molecular complexity index is 695. The van der Waals surface area contributed by atoms with E-state index in [1.54, 1.807) is 30.5 Å². The zero-order valence-corrected chi connectivity index (χ0v) is 13.5. The van der Waals surface area contributed by atoms with Gasteiger partial charge in [-0.2, -0.15) is 5.10 Å². The largest absolute Gasteiger partial charge is 0.373 e. The third-order valence-electron chi connectivity index (χ3n) is 3.23. The summed E-state index contributed by atoms with van der Waals surface area (Å²) in [6, 6.07) is 8.52. The molecule has 2 aromatic rings. The lowest BCUT2D eigenvalue weighted by molar-refractivity contribution is 0.0965. The van der Waals surface area contributed by atoms with Gasteiger partial charge in [-0.05, 0) is 19.1 Å². The molecule has 0 aliphatic rings. The van der Waals surface area contributed by atoms with Crippen molar-refractivity contribution >= 4 is 27.4 Å². The second-order valence-electron chi connectivity index (χ2n) is 4.65. The van der Waals surface area contributed by atoms with Gasteiger partial charge in [-0.3, -0.25) is 9.59 Å². The van der Waals surface area contributed by atoms with Crippen LogP contribution in [-0.2, 0) is 6.54 Å². The number of hydrogen-bond acceptors (Lipinski definition) is 4. The fourth-order valence-corrected chi connectivity index (χ4v) is 2.06. The summed E-state index contributed by atoms with van der Waals surface area (Å²) in [6.45, 7) is 2.71. The highest BCUT2D eigenvalue weighted by atomic mass is 79.9. The van der Waals surface area contributed by atoms with Gasteiger partial charge in [0.1, 0.15) is 6.54 Å². The van der Waals surface area contributed by atoms with Crippen molar-refractivity contribution in [3.63, 3.8) is 0 Å². The Hall–Kier alpha value is -1.95. The summed E-state index contributed by atoms with van der Waals surface area (Å²) in [5.74, 6) is -0.145. The fraction of sp³-hybridized carbons (Fsp3) is 0.267. The summed E-state index contributed by atoms with van der Waals surface area (Å²) in [5, 5.41) is 4.06. The molecule has 2 rings (SSSR count). The van der Waals surface area contributed by atoms with Gasteiger partial charge in [0.15, 0.2) is 5.78 Å². The van der Waals surface area contributed by atoms with E-state index in [1.807, 2.05) is 18.9 Å². The maximum absolute atomic E-state index is 12.1. The SMILES string of the molecule is CCN(C)c1cnn(CC(=O)c2ccc(Br)cc2)c(=O)c1. The smallest absolute Gasteiger partial charge is 0.269 e. The number of benzene rings is 1. The van der Waals surface area contributed by atoms with Gasteiger partial charge in [0.2, 0.25) is 0 Å². The highest BCUT2D eigenvalue weighted by Gasteiger charge is 2.10. The molecule has 0 spiro atoms. The second kappa shape index (κ2) is 6.67. The molecule has 0 aliphatic carbocycles. The average Bonchev–Trinajstić information content (AvgIpc) is 2.49. The van der Waals surface area contributed by atoms with E-state index in [4.69, 9.17) is 0 Å². The normalized spacial score (nSPS) is 10.4. The number of carbonyl (C=O) groups is 1. The summed E-state index contributed by atoms with van der Waals surface area (Å²) in [6.07, 6.45) is 1.60. The van der Waals surface area contributed by atoms with Crippen molar-refractivity contribution in [3.05, 3.63) is 56.9 Å². The molecule has 0 amide bonds. The topological polar surface area (TPSA) is 55.2 Å². The number of halogens is 1. The maximum atomic E-state index is 12.1. The Morgan fingerprint density at radius 2 is 2.00 bits per heavy atom. The van der Waals surface area contributed by atoms with Crippen LogP contribution in [0.15, 0.2) is 45.8 Å². The average molecular weight is 350 g/mol. The first kappa shape index (κ1) is 15.4. The third kappa shape index (κ3) is 3.78. The molecule has 5 nitrogen and oxygen atoms in total. The summed E-state index contributed by atoms with van der Waals surface area (Å²) in [4.78, 5) is 26.0. The van der Waals surface area contributed by atoms with Crippen molar-refractivity contribution in [3.8, 4) is 0 Å². The first-order chi connectivity index (χ1) is 10.0. The highest BCUT2D eigenvalue weighted by molar-refractivity contribution is 9.10. The van der Waals surface area contributed by atoms with E-state index in [-0.39, 0.29) is 17.9 Å². The van der Waals surface area contributed by atoms with Crippen LogP contribution in [0.25, 0.3) is 0 Å². The molecule has 0 atom stereocenters. The maximum Gasteiger partial charge on any atom is 0.269 e. The van der Waals surface area contributed by atoms with Crippen LogP contribution in [0.5, 0.6) is 0 Å². The molecule has 0 saturated carbocycles. The van der Waals surface area contributed by atoms with Gasteiger partial charge >= 0.3 is 0 Å². The monoisotopic (exact) mass is 349 g/mol. The van der Waals surface area contributed by atoms with Crippen LogP contribution in [0, 0.1) is 0 Å². The standard InChI is InChI=1S/C15H16BrN3O2/c1-3-18(2)13-8-15(21)19(17-9-13)10-14(20)11-4-6-12(16)7-5-11/h4-9H,3,10H2,1-2H3. The minimum atomic E-state index is -0.279. The van der Waals surface area contributed by atoms with E-state index in [9.17, 15) is 9.59 Å². The molecule has 0 aliphatic heterocycles. The van der Waals surface area contributed by atoms with Gasteiger partial charge in [-0.25, -0.2) is 4.68 Å². The van der Waals surface area contributed by atoms with Gasteiger partial charge in [-0.1, -0.05) is 28.1 Å². The van der Waals surface area contributed by atoms with Crippen molar-refractivity contribution in [2.45, 2.75) is 13.5 Å². The van der Waals surface area contributed by atoms with Gasteiger partial charge < -0.3 is 4.90 Å². The summed E-state index contributed by atoms with van der Waals surface area (Å²) in [7, 11) is 1.88. The Balaban J connectivity index is 2.18. The van der Waals surface area contributed by atoms with Crippen molar-refractivity contribution in [2.24, 2.45) is 0 Å². The third-order valence-corrected chi connectivity index (χ3v) is 3.76. The Kier molecular flexibility index (Phi) is 4.90. The van der Waals surface area contributed by atoms with Crippen molar-refractivity contribution in [1.29, 1.82) is 0 Å². The van der Waals surface area contributed by atoms with Crippen LogP contribution in [0.3, 0.4) is 0 Å². The van der Waals surface area contributed by atoms with Gasteiger partial charge in [0, 0.05) is 29.7 Å². The molecule has 6 heteroatoms. The van der Waals surface area contributed by atoms with Crippen molar-refractivity contribution < 1.29 is 4.79 Å². The molecule has 0 fully saturated rings. The zero-order valence-electron chi connectivity index (χ0n) is 11.9. The minimum Gasteiger partial charge on any atom is -0.373 e. The molecule has 0 radical (unpaired) electrons. The van der Waals surface area contributed by atoms with E-state index < -0.39 is 0 Å². The summed E-state index contributed by atoms with van der Waals surface area (Å²) in [5.41, 5.74) is 1.02. The predicted octanol–water partition coefficient (Wildman–Crippen LogP) is 2.34. The van der Waals surface area contributed by atoms with E-state index >= 15 is 0 Å². The lowest BCUT2D eigenvalue weighted by Gasteiger charge is -2.16. The molecule has 21 heavy (non-hydrogen) atoms. The molecule has 1 heterocycles. The summed E-state index contributed by atoms with van der Waals surface area (Å²) >= 11 is 3.32. The first-order valence-electron chi connectivity index (χ1n) is 6.58. The Morgan fingerprint density at radius 1 is 1.33 bits per heavy atom. The minimum absolute atomic E-state index is 0.0589. The summed E-state index contributed by atoms with van der Waals surface area (Å²) < 4.78 is 2.08. The van der Waals surface area contributed by atoms with E-state index in [1.165, 1.54) is 10.7 Å². The number of aromatic nitrogens is 2. The predicted molar refractivity (Wildman–Crippen MR) is 85.9 cm³/mol. The van der Waals surface area contributed by atoms with Crippen LogP contribution < -0.4 is 10.5 Å². The second-order valence-corrected chi connectivity index (χ2v) is 5.57. The molecular formula is C15H16BrN3O2. The van der Waals surface area contributed by atoms with Crippen LogP contribution in [-0.4, -0.2) is 29.2 Å². The molecule has 1 aromatic heterocycles. The number of Topliss-reactive ketones (excluding diaryl/α,β-unsaturated/α-hetero) is 1. The van der Waals surface area contributed by atoms with Crippen LogP contribution in [0.4, 0.5) is 5.69 Å².